The van der Waals surface area contributed by atoms with E-state index < -0.39 is 29.6 Å². The third kappa shape index (κ3) is 4.67. The Hall–Kier alpha value is -3.30. The summed E-state index contributed by atoms with van der Waals surface area (Å²) in [4.78, 5) is 40.4. The number of imide groups is 1. The highest BCUT2D eigenvalue weighted by atomic mass is 19.1. The maximum Gasteiger partial charge on any atom is 0.255 e. The molecule has 34 heavy (non-hydrogen) atoms. The minimum Gasteiger partial charge on any atom is -0.381 e. The SMILES string of the molecule is [2H][C@]1(N2Cc3c(NCc4ccc(CN5CCOCC5)cc4)cc(F)cc3C2=O)CCC(=O)NC1=O. The van der Waals surface area contributed by atoms with Crippen LogP contribution in [0.3, 0.4) is 0 Å². The van der Waals surface area contributed by atoms with E-state index in [1.807, 2.05) is 12.1 Å². The summed E-state index contributed by atoms with van der Waals surface area (Å²) in [6.45, 7) is 4.61. The number of halogens is 1. The molecule has 3 amide bonds. The first-order valence-corrected chi connectivity index (χ1v) is 11.4. The number of benzene rings is 2. The lowest BCUT2D eigenvalue weighted by molar-refractivity contribution is -0.136. The van der Waals surface area contributed by atoms with Gasteiger partial charge in [0.1, 0.15) is 11.8 Å². The summed E-state index contributed by atoms with van der Waals surface area (Å²) in [7, 11) is 0. The quantitative estimate of drug-likeness (QED) is 0.632. The molecule has 9 heteroatoms. The average molecular weight is 468 g/mol. The standard InChI is InChI=1S/C25H27FN4O4/c26-18-11-19-20(15-30(25(19)33)22-5-6-23(31)28-24(22)32)21(12-18)27-13-16-1-3-17(4-2-16)14-29-7-9-34-10-8-29/h1-4,11-12,22,27H,5-10,13-15H2,(H,28,31,32)/t22-/m0/s1/i22D. The molecule has 5 rings (SSSR count). The predicted molar refractivity (Wildman–Crippen MR) is 122 cm³/mol. The smallest absolute Gasteiger partial charge is 0.255 e. The van der Waals surface area contributed by atoms with Crippen LogP contribution in [0.5, 0.6) is 0 Å². The molecule has 0 aromatic heterocycles. The Labute approximate surface area is 198 Å². The van der Waals surface area contributed by atoms with Gasteiger partial charge in [-0.1, -0.05) is 24.3 Å². The molecule has 0 saturated carbocycles. The molecule has 2 saturated heterocycles. The molecule has 2 aromatic rings. The van der Waals surface area contributed by atoms with Crippen LogP contribution in [0.4, 0.5) is 10.1 Å². The third-order valence-corrected chi connectivity index (χ3v) is 6.45. The molecule has 0 bridgehead atoms. The van der Waals surface area contributed by atoms with Gasteiger partial charge in [0.2, 0.25) is 11.8 Å². The van der Waals surface area contributed by atoms with Crippen LogP contribution in [0.2, 0.25) is 0 Å². The van der Waals surface area contributed by atoms with Crippen molar-refractivity contribution in [2.75, 3.05) is 31.6 Å². The van der Waals surface area contributed by atoms with E-state index in [0.29, 0.717) is 17.8 Å². The van der Waals surface area contributed by atoms with Crippen molar-refractivity contribution in [3.05, 3.63) is 64.5 Å². The van der Waals surface area contributed by atoms with Gasteiger partial charge < -0.3 is 15.0 Å². The van der Waals surface area contributed by atoms with E-state index in [0.717, 1.165) is 49.4 Å². The first-order chi connectivity index (χ1) is 16.8. The number of morpholine rings is 1. The van der Waals surface area contributed by atoms with Crippen LogP contribution < -0.4 is 10.6 Å². The second-order valence-corrected chi connectivity index (χ2v) is 8.75. The fourth-order valence-corrected chi connectivity index (χ4v) is 4.59. The number of anilines is 1. The Kier molecular flexibility index (Phi) is 5.95. The van der Waals surface area contributed by atoms with Crippen molar-refractivity contribution in [1.82, 2.24) is 15.1 Å². The van der Waals surface area contributed by atoms with E-state index in [9.17, 15) is 18.8 Å². The lowest BCUT2D eigenvalue weighted by Gasteiger charge is -2.29. The third-order valence-electron chi connectivity index (χ3n) is 6.45. The number of hydrogen-bond donors (Lipinski definition) is 2. The van der Waals surface area contributed by atoms with Gasteiger partial charge in [-0.15, -0.1) is 0 Å². The Morgan fingerprint density at radius 1 is 1.12 bits per heavy atom. The zero-order chi connectivity index (χ0) is 24.6. The van der Waals surface area contributed by atoms with E-state index in [1.54, 1.807) is 0 Å². The number of carbonyl (C=O) groups is 3. The number of nitrogens with one attached hydrogen (secondary N) is 2. The molecule has 2 fully saturated rings. The molecule has 3 heterocycles. The predicted octanol–water partition coefficient (Wildman–Crippen LogP) is 2.03. The van der Waals surface area contributed by atoms with Crippen molar-refractivity contribution in [1.29, 1.82) is 0 Å². The van der Waals surface area contributed by atoms with Gasteiger partial charge in [0.05, 0.1) is 14.6 Å². The Balaban J connectivity index is 1.29. The van der Waals surface area contributed by atoms with E-state index in [-0.39, 0.29) is 24.9 Å². The molecule has 2 aromatic carbocycles. The van der Waals surface area contributed by atoms with E-state index >= 15 is 0 Å². The van der Waals surface area contributed by atoms with Gasteiger partial charge in [0.15, 0.2) is 0 Å². The first-order valence-electron chi connectivity index (χ1n) is 11.9. The number of piperidine rings is 1. The minimum absolute atomic E-state index is 0.0135. The molecule has 0 aliphatic carbocycles. The van der Waals surface area contributed by atoms with Gasteiger partial charge in [-0.2, -0.15) is 0 Å². The van der Waals surface area contributed by atoms with Gasteiger partial charge in [-0.25, -0.2) is 4.39 Å². The van der Waals surface area contributed by atoms with Crippen molar-refractivity contribution >= 4 is 23.4 Å². The molecule has 1 atom stereocenters. The molecule has 0 radical (unpaired) electrons. The van der Waals surface area contributed by atoms with Gasteiger partial charge in [-0.3, -0.25) is 24.6 Å². The second-order valence-electron chi connectivity index (χ2n) is 8.75. The number of carbonyl (C=O) groups excluding carboxylic acids is 3. The average Bonchev–Trinajstić information content (AvgIpc) is 3.19. The van der Waals surface area contributed by atoms with Gasteiger partial charge in [0.25, 0.3) is 5.91 Å². The number of rotatable bonds is 6. The molecular formula is C25H27FN4O4. The summed E-state index contributed by atoms with van der Waals surface area (Å²) in [6, 6.07) is 8.72. The summed E-state index contributed by atoms with van der Waals surface area (Å²) in [5.74, 6) is -2.47. The van der Waals surface area contributed by atoms with Crippen LogP contribution >= 0.6 is 0 Å². The summed E-state index contributed by atoms with van der Waals surface area (Å²) in [5.41, 5.74) is 3.32. The van der Waals surface area contributed by atoms with E-state index in [4.69, 9.17) is 6.11 Å². The molecule has 0 unspecified atom stereocenters. The van der Waals surface area contributed by atoms with Crippen molar-refractivity contribution in [2.24, 2.45) is 0 Å². The van der Waals surface area contributed by atoms with E-state index in [1.165, 1.54) is 11.6 Å². The lowest BCUT2D eigenvalue weighted by atomic mass is 10.0. The highest BCUT2D eigenvalue weighted by molar-refractivity contribution is 6.06. The summed E-state index contributed by atoms with van der Waals surface area (Å²) in [6.07, 6.45) is -0.129. The zero-order valence-electron chi connectivity index (χ0n) is 19.7. The van der Waals surface area contributed by atoms with Crippen LogP contribution in [0.25, 0.3) is 0 Å². The number of hydrogen-bond acceptors (Lipinski definition) is 6. The second kappa shape index (κ2) is 9.52. The number of fused-ring (bicyclic) bond motifs is 1. The monoisotopic (exact) mass is 467 g/mol. The van der Waals surface area contributed by atoms with Crippen LogP contribution in [0.1, 0.15) is 41.3 Å². The first kappa shape index (κ1) is 21.2. The highest BCUT2D eigenvalue weighted by Crippen LogP contribution is 2.33. The number of ether oxygens (including phenoxy) is 1. The maximum atomic E-state index is 14.4. The normalized spacial score (nSPS) is 23.5. The van der Waals surface area contributed by atoms with Crippen LogP contribution in [-0.2, 0) is 34.0 Å². The molecule has 3 aliphatic rings. The van der Waals surface area contributed by atoms with Gasteiger partial charge >= 0.3 is 0 Å². The van der Waals surface area contributed by atoms with Crippen LogP contribution in [-0.4, -0.2) is 59.8 Å². The Morgan fingerprint density at radius 3 is 2.59 bits per heavy atom. The number of nitrogens with zero attached hydrogens (tertiary/aromatic N) is 2. The molecule has 178 valence electrons. The Morgan fingerprint density at radius 2 is 1.85 bits per heavy atom. The molecule has 2 N–H and O–H groups in total. The van der Waals surface area contributed by atoms with Crippen molar-refractivity contribution in [3.63, 3.8) is 0 Å². The van der Waals surface area contributed by atoms with Crippen LogP contribution in [0, 0.1) is 5.82 Å². The molecule has 8 nitrogen and oxygen atoms in total. The summed E-state index contributed by atoms with van der Waals surface area (Å²) < 4.78 is 28.4. The zero-order valence-corrected chi connectivity index (χ0v) is 18.7. The number of amides is 3. The fourth-order valence-electron chi connectivity index (χ4n) is 4.59. The van der Waals surface area contributed by atoms with E-state index in [2.05, 4.69) is 27.7 Å². The van der Waals surface area contributed by atoms with Crippen molar-refractivity contribution in [2.45, 2.75) is 38.5 Å². The van der Waals surface area contributed by atoms with Gasteiger partial charge in [-0.05, 0) is 29.7 Å². The topological polar surface area (TPSA) is 91.0 Å². The molecule has 3 aliphatic heterocycles. The van der Waals surface area contributed by atoms with Crippen molar-refractivity contribution in [3.8, 4) is 0 Å². The molecule has 0 spiro atoms. The van der Waals surface area contributed by atoms with Gasteiger partial charge in [0, 0.05) is 56.0 Å². The minimum atomic E-state index is -1.91. The summed E-state index contributed by atoms with van der Waals surface area (Å²) >= 11 is 0. The van der Waals surface area contributed by atoms with Crippen LogP contribution in [0.15, 0.2) is 36.4 Å². The molecular weight excluding hydrogens is 439 g/mol. The van der Waals surface area contributed by atoms with Crippen molar-refractivity contribution < 1.29 is 24.9 Å². The lowest BCUT2D eigenvalue weighted by Crippen LogP contribution is -2.52. The Bertz CT molecular complexity index is 1170. The highest BCUT2D eigenvalue weighted by Gasteiger charge is 2.40. The largest absolute Gasteiger partial charge is 0.381 e. The fraction of sp³-hybridized carbons (Fsp3) is 0.400. The summed E-state index contributed by atoms with van der Waals surface area (Å²) in [5, 5.41) is 5.35. The maximum absolute atomic E-state index is 14.4.